The topological polar surface area (TPSA) is 118 Å². The van der Waals surface area contributed by atoms with Crippen molar-refractivity contribution in [2.24, 2.45) is 9.98 Å². The van der Waals surface area contributed by atoms with Crippen molar-refractivity contribution in [2.45, 2.75) is 6.42 Å². The molecule has 0 spiro atoms. The van der Waals surface area contributed by atoms with Crippen LogP contribution in [0.3, 0.4) is 0 Å². The molecule has 0 aliphatic carbocycles. The minimum Gasteiger partial charge on any atom is -0.508 e. The maximum atomic E-state index is 12.1. The van der Waals surface area contributed by atoms with Gasteiger partial charge in [0.05, 0.1) is 11.4 Å². The first-order valence-electron chi connectivity index (χ1n) is 11.2. The number of esters is 2. The van der Waals surface area contributed by atoms with Gasteiger partial charge >= 0.3 is 11.9 Å². The fourth-order valence-electron chi connectivity index (χ4n) is 3.07. The van der Waals surface area contributed by atoms with Gasteiger partial charge in [0.25, 0.3) is 0 Å². The van der Waals surface area contributed by atoms with E-state index in [0.717, 1.165) is 11.1 Å². The molecular weight excluding hydrogens is 472 g/mol. The van der Waals surface area contributed by atoms with E-state index < -0.39 is 18.4 Å². The molecule has 4 aromatic carbocycles. The molecule has 0 saturated heterocycles. The third-order valence-corrected chi connectivity index (χ3v) is 4.94. The molecule has 4 aromatic rings. The van der Waals surface area contributed by atoms with Crippen molar-refractivity contribution in [1.29, 1.82) is 0 Å². The molecule has 0 unspecified atom stereocenters. The number of hydrogen-bond donors (Lipinski definition) is 2. The predicted octanol–water partition coefficient (Wildman–Crippen LogP) is 5.50. The summed E-state index contributed by atoms with van der Waals surface area (Å²) in [7, 11) is 0. The Balaban J connectivity index is 1.24. The number of nitrogens with zero attached hydrogens (tertiary/aromatic N) is 2. The van der Waals surface area contributed by atoms with Crippen LogP contribution < -0.4 is 9.47 Å². The van der Waals surface area contributed by atoms with Crippen molar-refractivity contribution in [3.8, 4) is 23.0 Å². The minimum atomic E-state index is -0.742. The fourth-order valence-corrected chi connectivity index (χ4v) is 3.07. The van der Waals surface area contributed by atoms with Crippen molar-refractivity contribution in [3.05, 3.63) is 108 Å². The maximum Gasteiger partial charge on any atom is 0.322 e. The van der Waals surface area contributed by atoms with Gasteiger partial charge in [-0.3, -0.25) is 19.6 Å². The Morgan fingerprint density at radius 2 is 0.919 bits per heavy atom. The van der Waals surface area contributed by atoms with Crippen LogP contribution in [-0.2, 0) is 9.59 Å². The van der Waals surface area contributed by atoms with Crippen molar-refractivity contribution < 1.29 is 29.3 Å². The van der Waals surface area contributed by atoms with Gasteiger partial charge in [-0.25, -0.2) is 0 Å². The number of aromatic hydroxyl groups is 2. The zero-order valence-corrected chi connectivity index (χ0v) is 19.5. The molecule has 0 aliphatic heterocycles. The number of carbonyl (C=O) groups is 2. The van der Waals surface area contributed by atoms with Gasteiger partial charge in [0.2, 0.25) is 0 Å². The first-order chi connectivity index (χ1) is 17.9. The molecule has 0 fully saturated rings. The van der Waals surface area contributed by atoms with Gasteiger partial charge in [0, 0.05) is 12.4 Å². The van der Waals surface area contributed by atoms with Crippen molar-refractivity contribution in [3.63, 3.8) is 0 Å². The Morgan fingerprint density at radius 3 is 1.27 bits per heavy atom. The standard InChI is InChI=1S/C29H22N2O6/c32-24-9-5-22(6-10-24)30-18-20-1-13-26(14-2-20)36-28(34)17-29(35)37-27-15-3-21(4-16-27)19-31-23-7-11-25(33)12-8-23/h1-16,18-19,32-33H,17H2/b30-18+,31-19+. The van der Waals surface area contributed by atoms with Gasteiger partial charge in [0.15, 0.2) is 0 Å². The highest BCUT2D eigenvalue weighted by atomic mass is 16.6. The van der Waals surface area contributed by atoms with Crippen LogP contribution in [0.1, 0.15) is 17.5 Å². The van der Waals surface area contributed by atoms with Crippen LogP contribution in [0.5, 0.6) is 23.0 Å². The summed E-state index contributed by atoms with van der Waals surface area (Å²) in [6.07, 6.45) is 2.73. The van der Waals surface area contributed by atoms with Crippen LogP contribution in [0.4, 0.5) is 11.4 Å². The molecule has 37 heavy (non-hydrogen) atoms. The van der Waals surface area contributed by atoms with Gasteiger partial charge in [-0.15, -0.1) is 0 Å². The van der Waals surface area contributed by atoms with E-state index in [-0.39, 0.29) is 23.0 Å². The second-order valence-electron chi connectivity index (χ2n) is 7.81. The van der Waals surface area contributed by atoms with Crippen molar-refractivity contribution in [1.82, 2.24) is 0 Å². The van der Waals surface area contributed by atoms with Crippen molar-refractivity contribution in [2.75, 3.05) is 0 Å². The SMILES string of the molecule is O=C(CC(=O)Oc1ccc(/C=N/c2ccc(O)cc2)cc1)Oc1ccc(/C=N/c2ccc(O)cc2)cc1. The molecule has 184 valence electrons. The number of benzene rings is 4. The van der Waals surface area contributed by atoms with E-state index in [1.165, 1.54) is 0 Å². The molecule has 0 bridgehead atoms. The van der Waals surface area contributed by atoms with E-state index in [4.69, 9.17) is 9.47 Å². The van der Waals surface area contributed by atoms with Crippen LogP contribution in [0, 0.1) is 0 Å². The van der Waals surface area contributed by atoms with Crippen LogP contribution in [0.15, 0.2) is 107 Å². The largest absolute Gasteiger partial charge is 0.508 e. The average molecular weight is 495 g/mol. The summed E-state index contributed by atoms with van der Waals surface area (Å²) in [6, 6.07) is 26.2. The molecular formula is C29H22N2O6. The molecule has 2 N–H and O–H groups in total. The van der Waals surface area contributed by atoms with Gasteiger partial charge in [0.1, 0.15) is 29.4 Å². The lowest BCUT2D eigenvalue weighted by Crippen LogP contribution is -2.18. The van der Waals surface area contributed by atoms with E-state index in [9.17, 15) is 19.8 Å². The van der Waals surface area contributed by atoms with Gasteiger partial charge in [-0.2, -0.15) is 0 Å². The lowest BCUT2D eigenvalue weighted by atomic mass is 10.2. The Labute approximate surface area is 212 Å². The summed E-state index contributed by atoms with van der Waals surface area (Å²) in [6.45, 7) is 0. The predicted molar refractivity (Wildman–Crippen MR) is 139 cm³/mol. The first-order valence-corrected chi connectivity index (χ1v) is 11.2. The number of ether oxygens (including phenoxy) is 2. The Hall–Kier alpha value is -5.24. The van der Waals surface area contributed by atoms with Gasteiger partial charge < -0.3 is 19.7 Å². The van der Waals surface area contributed by atoms with E-state index in [1.54, 1.807) is 109 Å². The molecule has 0 aliphatic rings. The van der Waals surface area contributed by atoms with Crippen molar-refractivity contribution >= 4 is 35.7 Å². The van der Waals surface area contributed by atoms with Gasteiger partial charge in [-0.05, 0) is 108 Å². The molecule has 4 rings (SSSR count). The Morgan fingerprint density at radius 1 is 0.568 bits per heavy atom. The summed E-state index contributed by atoms with van der Waals surface area (Å²) in [5.41, 5.74) is 2.93. The Bertz CT molecular complexity index is 1300. The van der Waals surface area contributed by atoms with E-state index in [0.29, 0.717) is 11.4 Å². The highest BCUT2D eigenvalue weighted by Gasteiger charge is 2.14. The Kier molecular flexibility index (Phi) is 8.03. The monoisotopic (exact) mass is 494 g/mol. The highest BCUT2D eigenvalue weighted by molar-refractivity contribution is 5.93. The molecule has 0 radical (unpaired) electrons. The molecule has 8 heteroatoms. The van der Waals surface area contributed by atoms with Crippen LogP contribution in [0.2, 0.25) is 0 Å². The maximum absolute atomic E-state index is 12.1. The number of phenols is 2. The van der Waals surface area contributed by atoms with Gasteiger partial charge in [-0.1, -0.05) is 0 Å². The highest BCUT2D eigenvalue weighted by Crippen LogP contribution is 2.19. The van der Waals surface area contributed by atoms with E-state index in [2.05, 4.69) is 9.98 Å². The third kappa shape index (κ3) is 7.90. The third-order valence-electron chi connectivity index (χ3n) is 4.94. The summed E-state index contributed by atoms with van der Waals surface area (Å²) in [5, 5.41) is 18.6. The number of phenolic OH excluding ortho intramolecular Hbond substituents is 2. The smallest absolute Gasteiger partial charge is 0.322 e. The molecule has 0 aromatic heterocycles. The summed E-state index contributed by atoms with van der Waals surface area (Å²) in [5.74, 6) is -0.574. The minimum absolute atomic E-state index is 0.167. The zero-order valence-electron chi connectivity index (χ0n) is 19.5. The normalized spacial score (nSPS) is 11.0. The van der Waals surface area contributed by atoms with E-state index in [1.807, 2.05) is 0 Å². The lowest BCUT2D eigenvalue weighted by Gasteiger charge is -2.06. The molecule has 0 atom stereocenters. The first kappa shape index (κ1) is 24.9. The average Bonchev–Trinajstić information content (AvgIpc) is 2.89. The quantitative estimate of drug-likeness (QED) is 0.145. The molecule has 0 saturated carbocycles. The second kappa shape index (κ2) is 11.9. The molecule has 0 heterocycles. The fraction of sp³-hybridized carbons (Fsp3) is 0.0345. The lowest BCUT2D eigenvalue weighted by molar-refractivity contribution is -0.144. The number of hydrogen-bond acceptors (Lipinski definition) is 8. The van der Waals surface area contributed by atoms with Crippen LogP contribution >= 0.6 is 0 Å². The summed E-state index contributed by atoms with van der Waals surface area (Å²) < 4.78 is 10.4. The number of rotatable bonds is 8. The number of carbonyl (C=O) groups excluding carboxylic acids is 2. The zero-order chi connectivity index (χ0) is 26.0. The van der Waals surface area contributed by atoms with Crippen LogP contribution in [-0.4, -0.2) is 34.6 Å². The summed E-state index contributed by atoms with van der Waals surface area (Å²) >= 11 is 0. The molecule has 8 nitrogen and oxygen atoms in total. The van der Waals surface area contributed by atoms with E-state index >= 15 is 0 Å². The summed E-state index contributed by atoms with van der Waals surface area (Å²) in [4.78, 5) is 32.9. The number of aliphatic imine (C=N–C) groups is 2. The molecule has 0 amide bonds. The van der Waals surface area contributed by atoms with Crippen LogP contribution in [0.25, 0.3) is 0 Å². The second-order valence-corrected chi connectivity index (χ2v) is 7.81.